The Morgan fingerprint density at radius 2 is 1.61 bits per heavy atom. The molecule has 0 spiro atoms. The minimum absolute atomic E-state index is 0.0229. The monoisotopic (exact) mass is 463 g/mol. The van der Waals surface area contributed by atoms with Gasteiger partial charge in [0.05, 0.1) is 17.4 Å². The zero-order valence-corrected chi connectivity index (χ0v) is 18.9. The first-order valence-corrected chi connectivity index (χ1v) is 12.0. The molecule has 2 N–H and O–H groups in total. The van der Waals surface area contributed by atoms with E-state index in [-0.39, 0.29) is 23.1 Å². The highest BCUT2D eigenvalue weighted by Gasteiger charge is 2.25. The van der Waals surface area contributed by atoms with Crippen molar-refractivity contribution in [2.75, 3.05) is 18.4 Å². The Labute approximate surface area is 187 Å². The minimum atomic E-state index is -3.52. The summed E-state index contributed by atoms with van der Waals surface area (Å²) in [5.41, 5.74) is 1.25. The third-order valence-electron chi connectivity index (χ3n) is 5.13. The number of piperidine rings is 1. The van der Waals surface area contributed by atoms with Crippen molar-refractivity contribution in [3.05, 3.63) is 59.1 Å². The van der Waals surface area contributed by atoms with Crippen molar-refractivity contribution in [1.29, 1.82) is 0 Å². The van der Waals surface area contributed by atoms with Gasteiger partial charge < -0.3 is 10.6 Å². The fraction of sp³-hybridized carbons (Fsp3) is 0.364. The lowest BCUT2D eigenvalue weighted by atomic mass is 10.0. The highest BCUT2D eigenvalue weighted by atomic mass is 35.5. The summed E-state index contributed by atoms with van der Waals surface area (Å²) in [5, 5.41) is 6.09. The van der Waals surface area contributed by atoms with E-state index in [2.05, 4.69) is 10.6 Å². The van der Waals surface area contributed by atoms with Crippen LogP contribution in [0.4, 0.5) is 5.69 Å². The molecular formula is C22H26ClN3O4S. The predicted octanol–water partition coefficient (Wildman–Crippen LogP) is 3.72. The Morgan fingerprint density at radius 3 is 2.19 bits per heavy atom. The summed E-state index contributed by atoms with van der Waals surface area (Å²) in [7, 11) is -3.52. The molecule has 2 aromatic rings. The number of nitrogens with zero attached hydrogens (tertiary/aromatic N) is 1. The van der Waals surface area contributed by atoms with Crippen LogP contribution in [0.2, 0.25) is 5.02 Å². The largest absolute Gasteiger partial charge is 0.349 e. The van der Waals surface area contributed by atoms with Crippen LogP contribution >= 0.6 is 11.6 Å². The number of nitrogens with one attached hydrogen (secondary N) is 2. The van der Waals surface area contributed by atoms with E-state index in [9.17, 15) is 18.0 Å². The fourth-order valence-electron chi connectivity index (χ4n) is 3.55. The van der Waals surface area contributed by atoms with Crippen molar-refractivity contribution >= 4 is 39.1 Å². The van der Waals surface area contributed by atoms with E-state index in [1.54, 1.807) is 36.4 Å². The van der Waals surface area contributed by atoms with Gasteiger partial charge in [-0.1, -0.05) is 30.2 Å². The maximum absolute atomic E-state index is 12.7. The van der Waals surface area contributed by atoms with Gasteiger partial charge >= 0.3 is 0 Å². The van der Waals surface area contributed by atoms with Gasteiger partial charge in [-0.25, -0.2) is 8.42 Å². The first-order valence-electron chi connectivity index (χ1n) is 10.2. The standard InChI is InChI=1S/C22H26ClN3O4S/c1-16(27)24-21(17-5-7-18(23)8-6-17)15-22(28)25-19-9-11-20(12-10-19)31(29,30)26-13-3-2-4-14-26/h5-12,21H,2-4,13-15H2,1H3,(H,24,27)(H,25,28). The number of amides is 2. The Hall–Kier alpha value is -2.42. The smallest absolute Gasteiger partial charge is 0.243 e. The summed E-state index contributed by atoms with van der Waals surface area (Å²) in [6.45, 7) is 2.47. The highest BCUT2D eigenvalue weighted by molar-refractivity contribution is 7.89. The zero-order valence-electron chi connectivity index (χ0n) is 17.3. The maximum Gasteiger partial charge on any atom is 0.243 e. The highest BCUT2D eigenvalue weighted by Crippen LogP contribution is 2.23. The van der Waals surface area contributed by atoms with Crippen LogP contribution in [0.15, 0.2) is 53.4 Å². The number of halogens is 1. The lowest BCUT2D eigenvalue weighted by molar-refractivity contribution is -0.120. The molecule has 166 valence electrons. The third kappa shape index (κ3) is 6.29. The molecule has 1 saturated heterocycles. The summed E-state index contributed by atoms with van der Waals surface area (Å²) < 4.78 is 27.0. The molecule has 0 bridgehead atoms. The molecule has 31 heavy (non-hydrogen) atoms. The Morgan fingerprint density at radius 1 is 1.00 bits per heavy atom. The Kier molecular flexibility index (Phi) is 7.69. The van der Waals surface area contributed by atoms with Crippen LogP contribution in [0.25, 0.3) is 0 Å². The number of hydrogen-bond donors (Lipinski definition) is 2. The molecule has 3 rings (SSSR count). The fourth-order valence-corrected chi connectivity index (χ4v) is 5.20. The molecule has 1 aliphatic heterocycles. The lowest BCUT2D eigenvalue weighted by Crippen LogP contribution is -2.35. The molecule has 0 aliphatic carbocycles. The Balaban J connectivity index is 1.66. The van der Waals surface area contributed by atoms with Crippen molar-refractivity contribution in [1.82, 2.24) is 9.62 Å². The van der Waals surface area contributed by atoms with Crippen LogP contribution in [-0.4, -0.2) is 37.6 Å². The SMILES string of the molecule is CC(=O)NC(CC(=O)Nc1ccc(S(=O)(=O)N2CCCCC2)cc1)c1ccc(Cl)cc1. The van der Waals surface area contributed by atoms with Gasteiger partial charge in [0.15, 0.2) is 0 Å². The first kappa shape index (κ1) is 23.2. The summed E-state index contributed by atoms with van der Waals surface area (Å²) in [6.07, 6.45) is 2.81. The van der Waals surface area contributed by atoms with E-state index in [1.165, 1.54) is 23.4 Å². The molecule has 1 fully saturated rings. The molecule has 1 heterocycles. The average Bonchev–Trinajstić information content (AvgIpc) is 2.74. The molecular weight excluding hydrogens is 438 g/mol. The minimum Gasteiger partial charge on any atom is -0.349 e. The van der Waals surface area contributed by atoms with Crippen LogP contribution in [0, 0.1) is 0 Å². The maximum atomic E-state index is 12.7. The van der Waals surface area contributed by atoms with Gasteiger partial charge in [0, 0.05) is 30.7 Å². The second-order valence-electron chi connectivity index (χ2n) is 7.55. The number of rotatable bonds is 7. The third-order valence-corrected chi connectivity index (χ3v) is 7.30. The first-order chi connectivity index (χ1) is 14.8. The molecule has 1 aliphatic rings. The van der Waals surface area contributed by atoms with Crippen LogP contribution in [-0.2, 0) is 19.6 Å². The molecule has 7 nitrogen and oxygen atoms in total. The van der Waals surface area contributed by atoms with Crippen molar-refractivity contribution in [2.24, 2.45) is 0 Å². The molecule has 1 unspecified atom stereocenters. The van der Waals surface area contributed by atoms with Gasteiger partial charge in [-0.05, 0) is 54.8 Å². The number of anilines is 1. The number of sulfonamides is 1. The van der Waals surface area contributed by atoms with Crippen molar-refractivity contribution in [3.8, 4) is 0 Å². The van der Waals surface area contributed by atoms with Gasteiger partial charge in [-0.3, -0.25) is 9.59 Å². The van der Waals surface area contributed by atoms with E-state index in [1.807, 2.05) is 0 Å². The van der Waals surface area contributed by atoms with Gasteiger partial charge in [0.2, 0.25) is 21.8 Å². The summed E-state index contributed by atoms with van der Waals surface area (Å²) in [5.74, 6) is -0.555. The van der Waals surface area contributed by atoms with Crippen molar-refractivity contribution < 1.29 is 18.0 Å². The van der Waals surface area contributed by atoms with Gasteiger partial charge in [-0.15, -0.1) is 0 Å². The molecule has 0 radical (unpaired) electrons. The van der Waals surface area contributed by atoms with Crippen LogP contribution in [0.1, 0.15) is 44.2 Å². The summed E-state index contributed by atoms with van der Waals surface area (Å²) in [6, 6.07) is 12.6. The molecule has 0 aromatic heterocycles. The second kappa shape index (κ2) is 10.3. The van der Waals surface area contributed by atoms with Gasteiger partial charge in [0.25, 0.3) is 0 Å². The normalized spacial score (nSPS) is 15.8. The molecule has 1 atom stereocenters. The number of carbonyl (C=O) groups is 2. The van der Waals surface area contributed by atoms with E-state index >= 15 is 0 Å². The second-order valence-corrected chi connectivity index (χ2v) is 9.92. The predicted molar refractivity (Wildman–Crippen MR) is 120 cm³/mol. The summed E-state index contributed by atoms with van der Waals surface area (Å²) in [4.78, 5) is 24.3. The van der Waals surface area contributed by atoms with E-state index in [0.29, 0.717) is 23.8 Å². The quantitative estimate of drug-likeness (QED) is 0.654. The Bertz CT molecular complexity index is 1020. The zero-order chi connectivity index (χ0) is 22.4. The molecule has 0 saturated carbocycles. The van der Waals surface area contributed by atoms with Crippen LogP contribution in [0.5, 0.6) is 0 Å². The number of carbonyl (C=O) groups excluding carboxylic acids is 2. The van der Waals surface area contributed by atoms with Crippen LogP contribution < -0.4 is 10.6 Å². The molecule has 2 aromatic carbocycles. The summed E-state index contributed by atoms with van der Waals surface area (Å²) >= 11 is 5.92. The van der Waals surface area contributed by atoms with Crippen LogP contribution in [0.3, 0.4) is 0 Å². The van der Waals surface area contributed by atoms with Gasteiger partial charge in [-0.2, -0.15) is 4.31 Å². The van der Waals surface area contributed by atoms with Gasteiger partial charge in [0.1, 0.15) is 0 Å². The van der Waals surface area contributed by atoms with Crippen molar-refractivity contribution in [2.45, 2.75) is 43.5 Å². The number of hydrogen-bond acceptors (Lipinski definition) is 4. The molecule has 2 amide bonds. The topological polar surface area (TPSA) is 95.6 Å². The van der Waals surface area contributed by atoms with E-state index < -0.39 is 16.1 Å². The van der Waals surface area contributed by atoms with Crippen molar-refractivity contribution in [3.63, 3.8) is 0 Å². The number of benzene rings is 2. The average molecular weight is 464 g/mol. The van der Waals surface area contributed by atoms with E-state index in [0.717, 1.165) is 24.8 Å². The van der Waals surface area contributed by atoms with E-state index in [4.69, 9.17) is 11.6 Å². The lowest BCUT2D eigenvalue weighted by Gasteiger charge is -2.25. The molecule has 9 heteroatoms.